The van der Waals surface area contributed by atoms with Gasteiger partial charge in [0, 0.05) is 19.7 Å². The van der Waals surface area contributed by atoms with Crippen molar-refractivity contribution in [1.82, 2.24) is 14.9 Å². The molecule has 2 aromatic rings. The van der Waals surface area contributed by atoms with Crippen molar-refractivity contribution < 1.29 is 14.3 Å². The number of benzene rings is 1. The molecule has 1 aromatic heterocycles. The van der Waals surface area contributed by atoms with E-state index in [-0.39, 0.29) is 17.9 Å². The molecule has 0 radical (unpaired) electrons. The third-order valence-electron chi connectivity index (χ3n) is 4.78. The van der Waals surface area contributed by atoms with Crippen molar-refractivity contribution in [2.45, 2.75) is 38.8 Å². The molecule has 130 valence electrons. The Morgan fingerprint density at radius 1 is 1.50 bits per heavy atom. The van der Waals surface area contributed by atoms with Gasteiger partial charge in [0.25, 0.3) is 0 Å². The van der Waals surface area contributed by atoms with E-state index in [4.69, 9.17) is 9.47 Å². The zero-order chi connectivity index (χ0) is 17.1. The lowest BCUT2D eigenvalue weighted by Gasteiger charge is -2.30. The molecule has 0 bridgehead atoms. The molecule has 0 spiro atoms. The number of hydrogen-bond donors (Lipinski definition) is 1. The molecule has 1 N–H and O–H groups in total. The fourth-order valence-corrected chi connectivity index (χ4v) is 3.35. The van der Waals surface area contributed by atoms with Gasteiger partial charge in [-0.1, -0.05) is 6.92 Å². The summed E-state index contributed by atoms with van der Waals surface area (Å²) in [6, 6.07) is 5.80. The third-order valence-corrected chi connectivity index (χ3v) is 4.78. The SMILES string of the molecule is CC[C@H]1OCCC[C@@H]1C(=O)NCc1nc2cc(OC)ccc2n1C. The molecule has 2 atom stereocenters. The van der Waals surface area contributed by atoms with Crippen LogP contribution >= 0.6 is 0 Å². The second-order valence-electron chi connectivity index (χ2n) is 6.23. The van der Waals surface area contributed by atoms with Gasteiger partial charge in [-0.25, -0.2) is 4.98 Å². The van der Waals surface area contributed by atoms with E-state index >= 15 is 0 Å². The van der Waals surface area contributed by atoms with E-state index in [1.807, 2.05) is 29.8 Å². The van der Waals surface area contributed by atoms with Gasteiger partial charge in [-0.05, 0) is 31.4 Å². The Labute approximate surface area is 142 Å². The van der Waals surface area contributed by atoms with Crippen molar-refractivity contribution in [3.8, 4) is 5.75 Å². The Morgan fingerprint density at radius 3 is 3.08 bits per heavy atom. The van der Waals surface area contributed by atoms with Gasteiger partial charge in [-0.15, -0.1) is 0 Å². The number of hydrogen-bond acceptors (Lipinski definition) is 4. The predicted molar refractivity (Wildman–Crippen MR) is 91.9 cm³/mol. The Bertz CT molecular complexity index is 726. The van der Waals surface area contributed by atoms with Crippen LogP contribution in [0, 0.1) is 5.92 Å². The van der Waals surface area contributed by atoms with Gasteiger partial charge in [0.15, 0.2) is 0 Å². The topological polar surface area (TPSA) is 65.4 Å². The number of nitrogens with one attached hydrogen (secondary N) is 1. The van der Waals surface area contributed by atoms with Gasteiger partial charge < -0.3 is 19.4 Å². The van der Waals surface area contributed by atoms with E-state index in [2.05, 4.69) is 17.2 Å². The molecule has 1 aliphatic rings. The largest absolute Gasteiger partial charge is 0.497 e. The Kier molecular flexibility index (Phi) is 5.04. The Balaban J connectivity index is 1.70. The molecular formula is C18H25N3O3. The van der Waals surface area contributed by atoms with Crippen LogP contribution in [0.15, 0.2) is 18.2 Å². The molecule has 1 aliphatic heterocycles. The Hall–Kier alpha value is -2.08. The predicted octanol–water partition coefficient (Wildman–Crippen LogP) is 2.40. The van der Waals surface area contributed by atoms with Crippen LogP contribution < -0.4 is 10.1 Å². The quantitative estimate of drug-likeness (QED) is 0.914. The number of amides is 1. The Morgan fingerprint density at radius 2 is 2.33 bits per heavy atom. The van der Waals surface area contributed by atoms with Crippen molar-refractivity contribution in [3.63, 3.8) is 0 Å². The molecule has 0 aliphatic carbocycles. The smallest absolute Gasteiger partial charge is 0.226 e. The van der Waals surface area contributed by atoms with Gasteiger partial charge in [-0.3, -0.25) is 4.79 Å². The minimum Gasteiger partial charge on any atom is -0.497 e. The lowest BCUT2D eigenvalue weighted by Crippen LogP contribution is -2.41. The normalized spacial score (nSPS) is 21.0. The highest BCUT2D eigenvalue weighted by Crippen LogP contribution is 2.24. The van der Waals surface area contributed by atoms with Crippen LogP contribution in [0.4, 0.5) is 0 Å². The number of rotatable bonds is 5. The highest BCUT2D eigenvalue weighted by atomic mass is 16.5. The first kappa shape index (κ1) is 16.8. The molecule has 2 heterocycles. The lowest BCUT2D eigenvalue weighted by atomic mass is 9.92. The number of fused-ring (bicyclic) bond motifs is 1. The summed E-state index contributed by atoms with van der Waals surface area (Å²) in [6.07, 6.45) is 2.73. The summed E-state index contributed by atoms with van der Waals surface area (Å²) in [7, 11) is 3.60. The average molecular weight is 331 g/mol. The van der Waals surface area contributed by atoms with E-state index in [0.717, 1.165) is 48.5 Å². The first-order valence-electron chi connectivity index (χ1n) is 8.52. The van der Waals surface area contributed by atoms with Crippen LogP contribution in [0.1, 0.15) is 32.0 Å². The maximum absolute atomic E-state index is 12.5. The minimum absolute atomic E-state index is 0.0310. The van der Waals surface area contributed by atoms with E-state index in [1.165, 1.54) is 0 Å². The van der Waals surface area contributed by atoms with Crippen molar-refractivity contribution in [1.29, 1.82) is 0 Å². The van der Waals surface area contributed by atoms with Crippen LogP contribution in [-0.2, 0) is 23.1 Å². The van der Waals surface area contributed by atoms with Crippen LogP contribution in [0.5, 0.6) is 5.75 Å². The molecule has 0 saturated carbocycles. The first-order valence-corrected chi connectivity index (χ1v) is 8.52. The summed E-state index contributed by atoms with van der Waals surface area (Å²) >= 11 is 0. The van der Waals surface area contributed by atoms with Crippen LogP contribution in [-0.4, -0.2) is 35.3 Å². The molecule has 1 aromatic carbocycles. The van der Waals surface area contributed by atoms with Crippen LogP contribution in [0.2, 0.25) is 0 Å². The van der Waals surface area contributed by atoms with E-state index < -0.39 is 0 Å². The second kappa shape index (κ2) is 7.21. The van der Waals surface area contributed by atoms with E-state index in [9.17, 15) is 4.79 Å². The molecule has 0 unspecified atom stereocenters. The van der Waals surface area contributed by atoms with Crippen LogP contribution in [0.25, 0.3) is 11.0 Å². The molecule has 1 amide bonds. The van der Waals surface area contributed by atoms with Gasteiger partial charge in [0.2, 0.25) is 5.91 Å². The summed E-state index contributed by atoms with van der Waals surface area (Å²) in [4.78, 5) is 17.1. The monoisotopic (exact) mass is 331 g/mol. The van der Waals surface area contributed by atoms with Gasteiger partial charge >= 0.3 is 0 Å². The number of carbonyl (C=O) groups is 1. The van der Waals surface area contributed by atoms with Crippen molar-refractivity contribution in [2.24, 2.45) is 13.0 Å². The second-order valence-corrected chi connectivity index (χ2v) is 6.23. The number of ether oxygens (including phenoxy) is 2. The molecule has 6 heteroatoms. The fourth-order valence-electron chi connectivity index (χ4n) is 3.35. The van der Waals surface area contributed by atoms with E-state index in [0.29, 0.717) is 6.54 Å². The standard InChI is InChI=1S/C18H25N3O3/c1-4-16-13(6-5-9-24-16)18(22)19-11-17-20-14-10-12(23-3)7-8-15(14)21(17)2/h7-8,10,13,16H,4-6,9,11H2,1-3H3,(H,19,22)/t13-,16+/m0/s1. The maximum atomic E-state index is 12.5. The average Bonchev–Trinajstić information content (AvgIpc) is 2.94. The van der Waals surface area contributed by atoms with Gasteiger partial charge in [0.1, 0.15) is 11.6 Å². The highest BCUT2D eigenvalue weighted by molar-refractivity contribution is 5.80. The number of carbonyl (C=O) groups excluding carboxylic acids is 1. The molecule has 24 heavy (non-hydrogen) atoms. The number of aromatic nitrogens is 2. The number of methoxy groups -OCH3 is 1. The number of aryl methyl sites for hydroxylation is 1. The van der Waals surface area contributed by atoms with Gasteiger partial charge in [0.05, 0.1) is 36.7 Å². The van der Waals surface area contributed by atoms with Crippen molar-refractivity contribution in [3.05, 3.63) is 24.0 Å². The third kappa shape index (κ3) is 3.24. The fraction of sp³-hybridized carbons (Fsp3) is 0.556. The number of imidazole rings is 1. The summed E-state index contributed by atoms with van der Waals surface area (Å²) < 4.78 is 13.0. The molecule has 6 nitrogen and oxygen atoms in total. The molecule has 1 saturated heterocycles. The molecule has 3 rings (SSSR count). The van der Waals surface area contributed by atoms with Crippen molar-refractivity contribution in [2.75, 3.05) is 13.7 Å². The maximum Gasteiger partial charge on any atom is 0.226 e. The first-order chi connectivity index (χ1) is 11.6. The summed E-state index contributed by atoms with van der Waals surface area (Å²) in [5, 5.41) is 3.03. The zero-order valence-electron chi connectivity index (χ0n) is 14.5. The minimum atomic E-state index is -0.0569. The van der Waals surface area contributed by atoms with Crippen LogP contribution in [0.3, 0.4) is 0 Å². The van der Waals surface area contributed by atoms with E-state index in [1.54, 1.807) is 7.11 Å². The molecular weight excluding hydrogens is 306 g/mol. The lowest BCUT2D eigenvalue weighted by molar-refractivity contribution is -0.134. The molecule has 1 fully saturated rings. The summed E-state index contributed by atoms with van der Waals surface area (Å²) in [6.45, 7) is 3.24. The van der Waals surface area contributed by atoms with Crippen molar-refractivity contribution >= 4 is 16.9 Å². The summed E-state index contributed by atoms with van der Waals surface area (Å²) in [5.74, 6) is 1.61. The van der Waals surface area contributed by atoms with Gasteiger partial charge in [-0.2, -0.15) is 0 Å². The highest BCUT2D eigenvalue weighted by Gasteiger charge is 2.30. The number of nitrogens with zero attached hydrogens (tertiary/aromatic N) is 2. The summed E-state index contributed by atoms with van der Waals surface area (Å²) in [5.41, 5.74) is 1.89. The zero-order valence-corrected chi connectivity index (χ0v) is 14.5.